The highest BCUT2D eigenvalue weighted by Gasteiger charge is 2.25. The Labute approximate surface area is 69.1 Å². The van der Waals surface area contributed by atoms with Gasteiger partial charge < -0.3 is 10.6 Å². The van der Waals surface area contributed by atoms with Gasteiger partial charge in [-0.3, -0.25) is 4.90 Å². The number of hydrogen-bond donors (Lipinski definition) is 2. The van der Waals surface area contributed by atoms with E-state index < -0.39 is 0 Å². The minimum absolute atomic E-state index is 0.777. The number of nitrogens with one attached hydrogen (secondary N) is 2. The average Bonchev–Trinajstić information content (AvgIpc) is 2.55. The molecule has 11 heavy (non-hydrogen) atoms. The van der Waals surface area contributed by atoms with E-state index in [0.29, 0.717) is 0 Å². The fourth-order valence-corrected chi connectivity index (χ4v) is 1.59. The van der Waals surface area contributed by atoms with E-state index in [1.54, 1.807) is 0 Å². The smallest absolute Gasteiger partial charge is 0.0485 e. The average molecular weight is 157 g/mol. The van der Waals surface area contributed by atoms with Crippen LogP contribution in [0.25, 0.3) is 0 Å². The second-order valence-corrected chi connectivity index (χ2v) is 2.78. The van der Waals surface area contributed by atoms with Gasteiger partial charge in [0.2, 0.25) is 0 Å². The molecule has 1 unspecified atom stereocenters. The molecule has 0 aromatic rings. The Bertz CT molecular complexity index is 93.5. The lowest BCUT2D eigenvalue weighted by molar-refractivity contribution is 0.217. The van der Waals surface area contributed by atoms with Crippen LogP contribution in [0.15, 0.2) is 0 Å². The SMILES string of the molecule is C1CN2CNCC2CN1.CC. The first-order valence-corrected chi connectivity index (χ1v) is 4.62. The minimum atomic E-state index is 0.777. The van der Waals surface area contributed by atoms with Gasteiger partial charge in [-0.2, -0.15) is 0 Å². The van der Waals surface area contributed by atoms with Crippen LogP contribution in [0.1, 0.15) is 13.8 Å². The molecule has 2 fully saturated rings. The zero-order chi connectivity index (χ0) is 8.10. The Kier molecular flexibility index (Phi) is 3.83. The second kappa shape index (κ2) is 4.70. The van der Waals surface area contributed by atoms with Crippen molar-refractivity contribution in [3.8, 4) is 0 Å². The summed E-state index contributed by atoms with van der Waals surface area (Å²) in [7, 11) is 0. The van der Waals surface area contributed by atoms with E-state index in [2.05, 4.69) is 15.5 Å². The molecule has 2 aliphatic heterocycles. The number of rotatable bonds is 0. The zero-order valence-corrected chi connectivity index (χ0v) is 7.56. The third kappa shape index (κ3) is 2.15. The predicted molar refractivity (Wildman–Crippen MR) is 47.6 cm³/mol. The lowest BCUT2D eigenvalue weighted by Gasteiger charge is -2.28. The molecule has 3 nitrogen and oxygen atoms in total. The van der Waals surface area contributed by atoms with Gasteiger partial charge in [0.25, 0.3) is 0 Å². The van der Waals surface area contributed by atoms with Gasteiger partial charge in [0.1, 0.15) is 0 Å². The van der Waals surface area contributed by atoms with E-state index >= 15 is 0 Å². The van der Waals surface area contributed by atoms with Crippen LogP contribution in [0.3, 0.4) is 0 Å². The van der Waals surface area contributed by atoms with E-state index in [1.165, 1.54) is 19.6 Å². The van der Waals surface area contributed by atoms with Gasteiger partial charge in [0.15, 0.2) is 0 Å². The van der Waals surface area contributed by atoms with Crippen molar-refractivity contribution in [1.82, 2.24) is 15.5 Å². The van der Waals surface area contributed by atoms with Gasteiger partial charge in [0.05, 0.1) is 0 Å². The van der Waals surface area contributed by atoms with E-state index in [1.807, 2.05) is 13.8 Å². The van der Waals surface area contributed by atoms with Crippen LogP contribution >= 0.6 is 0 Å². The Balaban J connectivity index is 0.000000281. The molecule has 0 aliphatic carbocycles. The maximum absolute atomic E-state index is 3.37. The standard InChI is InChI=1S/C6H13N3.C2H6/c1-2-9-5-8-4-6(9)3-7-1;1-2/h6-8H,1-5H2;1-2H3. The van der Waals surface area contributed by atoms with Crippen LogP contribution in [0.2, 0.25) is 0 Å². The number of nitrogens with zero attached hydrogens (tertiary/aromatic N) is 1. The van der Waals surface area contributed by atoms with Crippen molar-refractivity contribution in [2.45, 2.75) is 19.9 Å². The lowest BCUT2D eigenvalue weighted by atomic mass is 10.2. The number of fused-ring (bicyclic) bond motifs is 1. The van der Waals surface area contributed by atoms with E-state index in [0.717, 1.165) is 19.3 Å². The molecule has 0 aromatic heterocycles. The highest BCUT2D eigenvalue weighted by atomic mass is 15.3. The Hall–Kier alpha value is -0.120. The molecular formula is C8H19N3. The molecule has 2 saturated heterocycles. The minimum Gasteiger partial charge on any atom is -0.314 e. The topological polar surface area (TPSA) is 27.3 Å². The molecule has 2 aliphatic rings. The van der Waals surface area contributed by atoms with Gasteiger partial charge >= 0.3 is 0 Å². The van der Waals surface area contributed by atoms with Crippen molar-refractivity contribution in [3.05, 3.63) is 0 Å². The van der Waals surface area contributed by atoms with Gasteiger partial charge in [-0.05, 0) is 0 Å². The molecule has 0 spiro atoms. The summed E-state index contributed by atoms with van der Waals surface area (Å²) in [6.07, 6.45) is 0. The number of hydrogen-bond acceptors (Lipinski definition) is 3. The second-order valence-electron chi connectivity index (χ2n) is 2.78. The summed E-state index contributed by atoms with van der Waals surface area (Å²) < 4.78 is 0. The monoisotopic (exact) mass is 157 g/mol. The van der Waals surface area contributed by atoms with Crippen molar-refractivity contribution in [3.63, 3.8) is 0 Å². The summed E-state index contributed by atoms with van der Waals surface area (Å²) in [6, 6.07) is 0.777. The van der Waals surface area contributed by atoms with Crippen LogP contribution in [0.5, 0.6) is 0 Å². The van der Waals surface area contributed by atoms with Crippen LogP contribution in [-0.2, 0) is 0 Å². The molecule has 2 heterocycles. The van der Waals surface area contributed by atoms with Gasteiger partial charge in [-0.1, -0.05) is 13.8 Å². The van der Waals surface area contributed by atoms with Gasteiger partial charge in [0, 0.05) is 38.9 Å². The first kappa shape index (κ1) is 8.97. The maximum atomic E-state index is 3.37. The normalized spacial score (nSPS) is 30.5. The molecule has 0 aromatic carbocycles. The molecule has 0 amide bonds. The summed E-state index contributed by atoms with van der Waals surface area (Å²) in [5.41, 5.74) is 0. The van der Waals surface area contributed by atoms with E-state index in [9.17, 15) is 0 Å². The summed E-state index contributed by atoms with van der Waals surface area (Å²) >= 11 is 0. The summed E-state index contributed by atoms with van der Waals surface area (Å²) in [6.45, 7) is 9.84. The Morgan fingerprint density at radius 2 is 1.91 bits per heavy atom. The largest absolute Gasteiger partial charge is 0.314 e. The van der Waals surface area contributed by atoms with Crippen molar-refractivity contribution < 1.29 is 0 Å². The molecule has 1 atom stereocenters. The molecule has 66 valence electrons. The van der Waals surface area contributed by atoms with Crippen LogP contribution in [0, 0.1) is 0 Å². The molecule has 3 heteroatoms. The Morgan fingerprint density at radius 3 is 2.64 bits per heavy atom. The fourth-order valence-electron chi connectivity index (χ4n) is 1.59. The van der Waals surface area contributed by atoms with Crippen molar-refractivity contribution in [2.24, 2.45) is 0 Å². The lowest BCUT2D eigenvalue weighted by Crippen LogP contribution is -2.48. The first-order valence-electron chi connectivity index (χ1n) is 4.62. The van der Waals surface area contributed by atoms with Crippen molar-refractivity contribution in [2.75, 3.05) is 32.8 Å². The molecule has 0 radical (unpaired) electrons. The molecule has 0 bridgehead atoms. The predicted octanol–water partition coefficient (Wildman–Crippen LogP) is -0.153. The van der Waals surface area contributed by atoms with Crippen LogP contribution < -0.4 is 10.6 Å². The van der Waals surface area contributed by atoms with Gasteiger partial charge in [-0.25, -0.2) is 0 Å². The fraction of sp³-hybridized carbons (Fsp3) is 1.00. The maximum Gasteiger partial charge on any atom is 0.0485 e. The third-order valence-corrected chi connectivity index (χ3v) is 2.17. The quantitative estimate of drug-likeness (QED) is 0.512. The van der Waals surface area contributed by atoms with Crippen molar-refractivity contribution >= 4 is 0 Å². The van der Waals surface area contributed by atoms with Crippen LogP contribution in [0.4, 0.5) is 0 Å². The summed E-state index contributed by atoms with van der Waals surface area (Å²) in [5.74, 6) is 0. The molecular weight excluding hydrogens is 138 g/mol. The van der Waals surface area contributed by atoms with Gasteiger partial charge in [-0.15, -0.1) is 0 Å². The zero-order valence-electron chi connectivity index (χ0n) is 7.56. The molecule has 2 rings (SSSR count). The number of piperazine rings is 1. The molecule has 0 saturated carbocycles. The summed E-state index contributed by atoms with van der Waals surface area (Å²) in [4.78, 5) is 2.50. The first-order chi connectivity index (χ1) is 5.47. The third-order valence-electron chi connectivity index (χ3n) is 2.17. The highest BCUT2D eigenvalue weighted by molar-refractivity contribution is 4.85. The highest BCUT2D eigenvalue weighted by Crippen LogP contribution is 2.04. The Morgan fingerprint density at radius 1 is 1.18 bits per heavy atom. The van der Waals surface area contributed by atoms with Crippen LogP contribution in [-0.4, -0.2) is 43.8 Å². The van der Waals surface area contributed by atoms with E-state index in [4.69, 9.17) is 0 Å². The van der Waals surface area contributed by atoms with E-state index in [-0.39, 0.29) is 0 Å². The summed E-state index contributed by atoms with van der Waals surface area (Å²) in [5, 5.41) is 6.72. The molecule has 2 N–H and O–H groups in total. The van der Waals surface area contributed by atoms with Crippen molar-refractivity contribution in [1.29, 1.82) is 0 Å².